The molecule has 0 saturated carbocycles. The van der Waals surface area contributed by atoms with Crippen LogP contribution in [0.15, 0.2) is 53.5 Å². The van der Waals surface area contributed by atoms with Crippen molar-refractivity contribution in [1.29, 1.82) is 0 Å². The molecule has 0 spiro atoms. The number of pyridine rings is 1. The second-order valence-corrected chi connectivity index (χ2v) is 7.05. The van der Waals surface area contributed by atoms with E-state index >= 15 is 0 Å². The lowest BCUT2D eigenvalue weighted by molar-refractivity contribution is 0.652. The Kier molecular flexibility index (Phi) is 4.55. The molecule has 28 heavy (non-hydrogen) atoms. The smallest absolute Gasteiger partial charge is 0.269 e. The van der Waals surface area contributed by atoms with Gasteiger partial charge in [-0.05, 0) is 38.0 Å². The monoisotopic (exact) mass is 373 g/mol. The zero-order valence-electron chi connectivity index (χ0n) is 16.5. The van der Waals surface area contributed by atoms with E-state index in [1.54, 1.807) is 14.0 Å². The first-order valence-corrected chi connectivity index (χ1v) is 9.46. The van der Waals surface area contributed by atoms with E-state index < -0.39 is 0 Å². The van der Waals surface area contributed by atoms with Gasteiger partial charge in [0.25, 0.3) is 5.56 Å². The number of nitrogens with zero attached hydrogens (tertiary/aromatic N) is 5. The highest BCUT2D eigenvalue weighted by atomic mass is 16.1. The fourth-order valence-electron chi connectivity index (χ4n) is 3.55. The number of aromatic nitrogens is 5. The highest BCUT2D eigenvalue weighted by molar-refractivity contribution is 5.80. The maximum Gasteiger partial charge on any atom is 0.269 e. The van der Waals surface area contributed by atoms with Crippen molar-refractivity contribution in [3.63, 3.8) is 0 Å². The number of hydrogen-bond acceptors (Lipinski definition) is 4. The van der Waals surface area contributed by atoms with Gasteiger partial charge in [0, 0.05) is 18.3 Å². The molecule has 0 aliphatic carbocycles. The molecule has 6 nitrogen and oxygen atoms in total. The molecule has 0 fully saturated rings. The Hall–Kier alpha value is -3.28. The van der Waals surface area contributed by atoms with Crippen molar-refractivity contribution in [1.82, 2.24) is 24.3 Å². The van der Waals surface area contributed by atoms with Crippen LogP contribution in [0.1, 0.15) is 36.7 Å². The van der Waals surface area contributed by atoms with Crippen molar-refractivity contribution in [2.75, 3.05) is 0 Å². The Bertz CT molecular complexity index is 1180. The molecule has 0 N–H and O–H groups in total. The third kappa shape index (κ3) is 3.01. The fourth-order valence-corrected chi connectivity index (χ4v) is 3.55. The normalized spacial score (nSPS) is 12.4. The number of hydrogen-bond donors (Lipinski definition) is 0. The van der Waals surface area contributed by atoms with Crippen LogP contribution in [-0.4, -0.2) is 24.3 Å². The van der Waals surface area contributed by atoms with Gasteiger partial charge in [-0.3, -0.25) is 9.78 Å². The number of imidazole rings is 1. The standard InChI is InChI=1S/C22H23N5O/c1-5-17-12-20-19(13-23-17)24-21(18-11-14(2)22(28)26(4)25-18)27(20)15(3)16-9-7-6-8-10-16/h6-13,15H,5H2,1-4H3. The summed E-state index contributed by atoms with van der Waals surface area (Å²) in [7, 11) is 1.67. The zero-order valence-corrected chi connectivity index (χ0v) is 16.5. The highest BCUT2D eigenvalue weighted by Gasteiger charge is 2.21. The molecule has 1 atom stereocenters. The number of aryl methyl sites for hydroxylation is 3. The van der Waals surface area contributed by atoms with Crippen LogP contribution in [-0.2, 0) is 13.5 Å². The summed E-state index contributed by atoms with van der Waals surface area (Å²) < 4.78 is 3.56. The van der Waals surface area contributed by atoms with E-state index in [9.17, 15) is 4.79 Å². The minimum absolute atomic E-state index is 0.0487. The molecule has 142 valence electrons. The molecule has 0 aliphatic heterocycles. The summed E-state index contributed by atoms with van der Waals surface area (Å²) in [5, 5.41) is 4.48. The first kappa shape index (κ1) is 18.1. The molecule has 6 heteroatoms. The molecule has 4 rings (SSSR count). The number of benzene rings is 1. The van der Waals surface area contributed by atoms with Gasteiger partial charge in [0.1, 0.15) is 11.2 Å². The van der Waals surface area contributed by atoms with Gasteiger partial charge in [0.05, 0.1) is 17.8 Å². The zero-order chi connectivity index (χ0) is 19.8. The molecule has 1 aromatic carbocycles. The third-order valence-electron chi connectivity index (χ3n) is 5.14. The van der Waals surface area contributed by atoms with Crippen LogP contribution in [0, 0.1) is 6.92 Å². The third-order valence-corrected chi connectivity index (χ3v) is 5.14. The number of rotatable bonds is 4. The van der Waals surface area contributed by atoms with E-state index in [0.29, 0.717) is 11.3 Å². The molecular weight excluding hydrogens is 350 g/mol. The van der Waals surface area contributed by atoms with Crippen molar-refractivity contribution in [3.8, 4) is 11.5 Å². The Morgan fingerprint density at radius 1 is 1.14 bits per heavy atom. The van der Waals surface area contributed by atoms with Crippen LogP contribution in [0.25, 0.3) is 22.6 Å². The summed E-state index contributed by atoms with van der Waals surface area (Å²) >= 11 is 0. The van der Waals surface area contributed by atoms with Gasteiger partial charge >= 0.3 is 0 Å². The van der Waals surface area contributed by atoms with Crippen LogP contribution >= 0.6 is 0 Å². The Morgan fingerprint density at radius 2 is 1.89 bits per heavy atom. The van der Waals surface area contributed by atoms with Crippen LogP contribution in [0.4, 0.5) is 0 Å². The summed E-state index contributed by atoms with van der Waals surface area (Å²) in [6, 6.07) is 14.3. The van der Waals surface area contributed by atoms with Crippen molar-refractivity contribution in [2.45, 2.75) is 33.2 Å². The van der Waals surface area contributed by atoms with Crippen molar-refractivity contribution in [2.24, 2.45) is 7.05 Å². The van der Waals surface area contributed by atoms with E-state index in [1.165, 1.54) is 10.2 Å². The SMILES string of the molecule is CCc1cc2c(cn1)nc(-c1cc(C)c(=O)n(C)n1)n2C(C)c1ccccc1. The summed E-state index contributed by atoms with van der Waals surface area (Å²) in [4.78, 5) is 21.5. The fraction of sp³-hybridized carbons (Fsp3) is 0.273. The van der Waals surface area contributed by atoms with Gasteiger partial charge in [-0.2, -0.15) is 5.10 Å². The summed E-state index contributed by atoms with van der Waals surface area (Å²) in [5.41, 5.74) is 5.26. The molecule has 0 bridgehead atoms. The summed E-state index contributed by atoms with van der Waals surface area (Å²) in [6.07, 6.45) is 2.67. The first-order valence-electron chi connectivity index (χ1n) is 9.46. The Labute approximate surface area is 163 Å². The van der Waals surface area contributed by atoms with Gasteiger partial charge in [-0.1, -0.05) is 37.3 Å². The van der Waals surface area contributed by atoms with Gasteiger partial charge < -0.3 is 4.57 Å². The minimum atomic E-state index is -0.0996. The van der Waals surface area contributed by atoms with Crippen LogP contribution in [0.5, 0.6) is 0 Å². The Morgan fingerprint density at radius 3 is 2.57 bits per heavy atom. The van der Waals surface area contributed by atoms with Gasteiger partial charge in [-0.15, -0.1) is 0 Å². The maximum atomic E-state index is 12.1. The second-order valence-electron chi connectivity index (χ2n) is 7.05. The van der Waals surface area contributed by atoms with Crippen LogP contribution in [0.2, 0.25) is 0 Å². The predicted molar refractivity (Wildman–Crippen MR) is 110 cm³/mol. The molecule has 4 aromatic rings. The maximum absolute atomic E-state index is 12.1. The quantitative estimate of drug-likeness (QED) is 0.547. The van der Waals surface area contributed by atoms with E-state index in [0.717, 1.165) is 29.0 Å². The van der Waals surface area contributed by atoms with Gasteiger partial charge in [-0.25, -0.2) is 9.67 Å². The molecule has 3 heterocycles. The van der Waals surface area contributed by atoms with Crippen LogP contribution in [0.3, 0.4) is 0 Å². The lowest BCUT2D eigenvalue weighted by Crippen LogP contribution is -2.22. The lowest BCUT2D eigenvalue weighted by Gasteiger charge is -2.18. The topological polar surface area (TPSA) is 65.6 Å². The van der Waals surface area contributed by atoms with E-state index in [2.05, 4.69) is 46.7 Å². The first-order chi connectivity index (χ1) is 13.5. The molecule has 3 aromatic heterocycles. The highest BCUT2D eigenvalue weighted by Crippen LogP contribution is 2.30. The molecule has 0 aliphatic rings. The van der Waals surface area contributed by atoms with Crippen molar-refractivity contribution in [3.05, 3.63) is 75.8 Å². The van der Waals surface area contributed by atoms with Crippen molar-refractivity contribution < 1.29 is 0 Å². The largest absolute Gasteiger partial charge is 0.315 e. The van der Waals surface area contributed by atoms with Crippen molar-refractivity contribution >= 4 is 11.0 Å². The van der Waals surface area contributed by atoms with Gasteiger partial charge in [0.2, 0.25) is 0 Å². The molecule has 0 saturated heterocycles. The minimum Gasteiger partial charge on any atom is -0.315 e. The second kappa shape index (κ2) is 7.03. The molecule has 1 unspecified atom stereocenters. The van der Waals surface area contributed by atoms with Gasteiger partial charge in [0.15, 0.2) is 5.82 Å². The lowest BCUT2D eigenvalue weighted by atomic mass is 10.1. The van der Waals surface area contributed by atoms with E-state index in [1.807, 2.05) is 30.5 Å². The summed E-state index contributed by atoms with van der Waals surface area (Å²) in [6.45, 7) is 6.05. The average Bonchev–Trinajstić information content (AvgIpc) is 3.10. The Balaban J connectivity index is 2.02. The van der Waals surface area contributed by atoms with E-state index in [-0.39, 0.29) is 11.6 Å². The molecule has 0 radical (unpaired) electrons. The predicted octanol–water partition coefficient (Wildman–Crippen LogP) is 3.67. The number of fused-ring (bicyclic) bond motifs is 1. The van der Waals surface area contributed by atoms with E-state index in [4.69, 9.17) is 4.98 Å². The summed E-state index contributed by atoms with van der Waals surface area (Å²) in [5.74, 6) is 0.736. The molecular formula is C22H23N5O. The molecule has 0 amide bonds. The average molecular weight is 373 g/mol. The van der Waals surface area contributed by atoms with Crippen LogP contribution < -0.4 is 5.56 Å².